The highest BCUT2D eigenvalue weighted by Gasteiger charge is 2.15. The fourth-order valence-corrected chi connectivity index (χ4v) is 2.38. The third kappa shape index (κ3) is 5.33. The molecule has 0 heterocycles. The van der Waals surface area contributed by atoms with E-state index in [0.717, 1.165) is 22.2 Å². The van der Waals surface area contributed by atoms with E-state index in [2.05, 4.69) is 21.2 Å². The van der Waals surface area contributed by atoms with Crippen LogP contribution in [0, 0.1) is 5.82 Å². The van der Waals surface area contributed by atoms with Crippen molar-refractivity contribution in [2.24, 2.45) is 0 Å². The summed E-state index contributed by atoms with van der Waals surface area (Å²) in [5.41, 5.74) is 0.581. The van der Waals surface area contributed by atoms with E-state index < -0.39 is 24.3 Å². The van der Waals surface area contributed by atoms with Crippen LogP contribution < -0.4 is 5.32 Å². The van der Waals surface area contributed by atoms with E-state index in [-0.39, 0.29) is 10.6 Å². The van der Waals surface area contributed by atoms with Crippen LogP contribution in [0.25, 0.3) is 0 Å². The van der Waals surface area contributed by atoms with Crippen LogP contribution in [0.1, 0.15) is 15.9 Å². The molecule has 0 saturated heterocycles. The number of amides is 1. The fraction of sp³-hybridized carbons (Fsp3) is 0.125. The summed E-state index contributed by atoms with van der Waals surface area (Å²) in [6.07, 6.45) is 0. The lowest BCUT2D eigenvalue weighted by Crippen LogP contribution is -2.28. The van der Waals surface area contributed by atoms with Gasteiger partial charge in [0.2, 0.25) is 0 Å². The first-order chi connectivity index (χ1) is 11.0. The van der Waals surface area contributed by atoms with Gasteiger partial charge in [-0.25, -0.2) is 9.18 Å². The molecule has 4 nitrogen and oxygen atoms in total. The molecule has 7 heteroatoms. The molecule has 0 atom stereocenters. The lowest BCUT2D eigenvalue weighted by atomic mass is 10.2. The molecule has 0 spiro atoms. The average molecular weight is 401 g/mol. The Kier molecular flexibility index (Phi) is 6.12. The van der Waals surface area contributed by atoms with Gasteiger partial charge >= 0.3 is 5.97 Å². The van der Waals surface area contributed by atoms with E-state index in [9.17, 15) is 14.0 Å². The van der Waals surface area contributed by atoms with E-state index in [1.54, 1.807) is 0 Å². The lowest BCUT2D eigenvalue weighted by Gasteiger charge is -2.08. The maximum Gasteiger partial charge on any atom is 0.341 e. The zero-order chi connectivity index (χ0) is 16.8. The van der Waals surface area contributed by atoms with Gasteiger partial charge in [-0.1, -0.05) is 39.7 Å². The molecule has 2 aromatic rings. The summed E-state index contributed by atoms with van der Waals surface area (Å²) in [6.45, 7) is -0.208. The Morgan fingerprint density at radius 3 is 2.74 bits per heavy atom. The van der Waals surface area contributed by atoms with Gasteiger partial charge < -0.3 is 10.1 Å². The second-order valence-corrected chi connectivity index (χ2v) is 5.96. The highest BCUT2D eigenvalue weighted by molar-refractivity contribution is 9.10. The molecule has 1 N–H and O–H groups in total. The Morgan fingerprint density at radius 2 is 2.00 bits per heavy atom. The molecule has 120 valence electrons. The van der Waals surface area contributed by atoms with Crippen molar-refractivity contribution >= 4 is 39.4 Å². The predicted octanol–water partition coefficient (Wildman–Crippen LogP) is 3.71. The summed E-state index contributed by atoms with van der Waals surface area (Å²) >= 11 is 9.03. The molecule has 0 radical (unpaired) electrons. The number of halogens is 3. The molecule has 2 aromatic carbocycles. The number of benzene rings is 2. The number of nitrogens with one attached hydrogen (secondary N) is 1. The Balaban J connectivity index is 1.84. The molecule has 2 rings (SSSR count). The largest absolute Gasteiger partial charge is 0.452 e. The Hall–Kier alpha value is -1.92. The van der Waals surface area contributed by atoms with E-state index in [4.69, 9.17) is 16.3 Å². The lowest BCUT2D eigenvalue weighted by molar-refractivity contribution is -0.124. The van der Waals surface area contributed by atoms with Gasteiger partial charge in [0.05, 0.1) is 5.56 Å². The van der Waals surface area contributed by atoms with Crippen LogP contribution in [0.15, 0.2) is 46.9 Å². The maximum absolute atomic E-state index is 13.5. The van der Waals surface area contributed by atoms with E-state index in [0.29, 0.717) is 6.54 Å². The highest BCUT2D eigenvalue weighted by atomic mass is 79.9. The van der Waals surface area contributed by atoms with Crippen LogP contribution in [0.5, 0.6) is 0 Å². The minimum absolute atomic E-state index is 0.206. The SMILES string of the molecule is O=C(COC(=O)c1cc(Cl)ccc1F)NCc1cccc(Br)c1. The summed E-state index contributed by atoms with van der Waals surface area (Å²) in [5.74, 6) is -2.18. The number of esters is 1. The topological polar surface area (TPSA) is 55.4 Å². The quantitative estimate of drug-likeness (QED) is 0.779. The minimum Gasteiger partial charge on any atom is -0.452 e. The molecule has 1 amide bonds. The normalized spacial score (nSPS) is 10.2. The fourth-order valence-electron chi connectivity index (χ4n) is 1.76. The van der Waals surface area contributed by atoms with Crippen molar-refractivity contribution in [1.82, 2.24) is 5.32 Å². The Morgan fingerprint density at radius 1 is 1.22 bits per heavy atom. The first kappa shape index (κ1) is 17.4. The van der Waals surface area contributed by atoms with Crippen molar-refractivity contribution in [3.05, 3.63) is 68.9 Å². The number of ether oxygens (including phenoxy) is 1. The summed E-state index contributed by atoms with van der Waals surface area (Å²) in [5, 5.41) is 2.81. The second kappa shape index (κ2) is 8.08. The van der Waals surface area contributed by atoms with Gasteiger partial charge in [0.25, 0.3) is 5.91 Å². The summed E-state index contributed by atoms with van der Waals surface area (Å²) < 4.78 is 19.2. The smallest absolute Gasteiger partial charge is 0.341 e. The highest BCUT2D eigenvalue weighted by Crippen LogP contribution is 2.15. The van der Waals surface area contributed by atoms with Crippen LogP contribution >= 0.6 is 27.5 Å². The van der Waals surface area contributed by atoms with Crippen molar-refractivity contribution in [3.63, 3.8) is 0 Å². The first-order valence-corrected chi connectivity index (χ1v) is 7.76. The number of carbonyl (C=O) groups excluding carboxylic acids is 2. The molecule has 0 fully saturated rings. The van der Waals surface area contributed by atoms with Gasteiger partial charge in [-0.2, -0.15) is 0 Å². The van der Waals surface area contributed by atoms with Crippen LogP contribution in [-0.4, -0.2) is 18.5 Å². The maximum atomic E-state index is 13.5. The summed E-state index contributed by atoms with van der Waals surface area (Å²) in [4.78, 5) is 23.4. The standard InChI is InChI=1S/C16H12BrClFNO3/c17-11-3-1-2-10(6-11)8-20-15(21)9-23-16(22)13-7-12(18)4-5-14(13)19/h1-7H,8-9H2,(H,20,21). The second-order valence-electron chi connectivity index (χ2n) is 4.61. The number of hydrogen-bond acceptors (Lipinski definition) is 3. The van der Waals surface area contributed by atoms with Crippen LogP contribution in [0.4, 0.5) is 4.39 Å². The summed E-state index contributed by atoms with van der Waals surface area (Å²) in [6, 6.07) is 10.9. The molecular weight excluding hydrogens is 389 g/mol. The predicted molar refractivity (Wildman–Crippen MR) is 87.7 cm³/mol. The summed E-state index contributed by atoms with van der Waals surface area (Å²) in [7, 11) is 0. The van der Waals surface area contributed by atoms with Gasteiger partial charge in [-0.15, -0.1) is 0 Å². The van der Waals surface area contributed by atoms with E-state index in [1.807, 2.05) is 24.3 Å². The third-order valence-corrected chi connectivity index (χ3v) is 3.59. The number of rotatable bonds is 5. The number of hydrogen-bond donors (Lipinski definition) is 1. The van der Waals surface area contributed by atoms with Crippen LogP contribution in [0.3, 0.4) is 0 Å². The van der Waals surface area contributed by atoms with Gasteiger partial charge in [0.1, 0.15) is 5.82 Å². The number of carbonyl (C=O) groups is 2. The Bertz CT molecular complexity index is 739. The van der Waals surface area contributed by atoms with Crippen molar-refractivity contribution in [1.29, 1.82) is 0 Å². The van der Waals surface area contributed by atoms with Gasteiger partial charge in [0.15, 0.2) is 6.61 Å². The van der Waals surface area contributed by atoms with Crippen molar-refractivity contribution in [2.75, 3.05) is 6.61 Å². The zero-order valence-corrected chi connectivity index (χ0v) is 14.2. The average Bonchev–Trinajstić information content (AvgIpc) is 2.53. The monoisotopic (exact) mass is 399 g/mol. The van der Waals surface area contributed by atoms with Crippen molar-refractivity contribution < 1.29 is 18.7 Å². The molecule has 0 aliphatic rings. The first-order valence-electron chi connectivity index (χ1n) is 6.59. The van der Waals surface area contributed by atoms with Gasteiger partial charge in [-0.3, -0.25) is 4.79 Å². The van der Waals surface area contributed by atoms with Crippen LogP contribution in [0.2, 0.25) is 5.02 Å². The van der Waals surface area contributed by atoms with E-state index in [1.165, 1.54) is 6.07 Å². The van der Waals surface area contributed by atoms with Gasteiger partial charge in [0, 0.05) is 16.0 Å². The molecule has 0 bridgehead atoms. The molecule has 0 unspecified atom stereocenters. The van der Waals surface area contributed by atoms with E-state index >= 15 is 0 Å². The molecule has 0 saturated carbocycles. The molecule has 23 heavy (non-hydrogen) atoms. The zero-order valence-electron chi connectivity index (χ0n) is 11.8. The van der Waals surface area contributed by atoms with Crippen LogP contribution in [-0.2, 0) is 16.1 Å². The molecular formula is C16H12BrClFNO3. The third-order valence-electron chi connectivity index (χ3n) is 2.86. The van der Waals surface area contributed by atoms with Gasteiger partial charge in [-0.05, 0) is 35.9 Å². The van der Waals surface area contributed by atoms with Crippen molar-refractivity contribution in [2.45, 2.75) is 6.54 Å². The molecule has 0 aliphatic heterocycles. The molecule has 0 aromatic heterocycles. The minimum atomic E-state index is -0.942. The van der Waals surface area contributed by atoms with Crippen molar-refractivity contribution in [3.8, 4) is 0 Å². The molecule has 0 aliphatic carbocycles. The Labute approximate surface area is 145 Å².